The monoisotopic (exact) mass is 292 g/mol. The van der Waals surface area contributed by atoms with Crippen molar-refractivity contribution in [3.63, 3.8) is 0 Å². The maximum atomic E-state index is 12.1. The van der Waals surface area contributed by atoms with E-state index in [0.29, 0.717) is 19.8 Å². The SMILES string of the molecule is O=C(CN1C=CN(CC(=O)N2CCCC2)C1)N1CCCC1. The molecule has 0 saturated carbocycles. The summed E-state index contributed by atoms with van der Waals surface area (Å²) in [5, 5.41) is 0. The van der Waals surface area contributed by atoms with Gasteiger partial charge >= 0.3 is 0 Å². The van der Waals surface area contributed by atoms with Crippen molar-refractivity contribution in [1.82, 2.24) is 19.6 Å². The molecule has 0 aromatic carbocycles. The average molecular weight is 292 g/mol. The molecule has 0 aromatic rings. The predicted molar refractivity (Wildman–Crippen MR) is 79.0 cm³/mol. The van der Waals surface area contributed by atoms with Gasteiger partial charge in [-0.1, -0.05) is 0 Å². The lowest BCUT2D eigenvalue weighted by Gasteiger charge is -2.24. The van der Waals surface area contributed by atoms with Crippen LogP contribution in [0.15, 0.2) is 12.4 Å². The Morgan fingerprint density at radius 3 is 1.48 bits per heavy atom. The normalized spacial score (nSPS) is 21.7. The molecule has 0 unspecified atom stereocenters. The first kappa shape index (κ1) is 14.2. The van der Waals surface area contributed by atoms with E-state index in [1.54, 1.807) is 0 Å². The van der Waals surface area contributed by atoms with E-state index >= 15 is 0 Å². The van der Waals surface area contributed by atoms with Gasteiger partial charge in [-0.2, -0.15) is 0 Å². The molecule has 116 valence electrons. The summed E-state index contributed by atoms with van der Waals surface area (Å²) in [7, 11) is 0. The molecule has 0 radical (unpaired) electrons. The number of hydrogen-bond acceptors (Lipinski definition) is 4. The molecule has 0 aliphatic carbocycles. The highest BCUT2D eigenvalue weighted by atomic mass is 16.2. The van der Waals surface area contributed by atoms with E-state index in [4.69, 9.17) is 0 Å². The quantitative estimate of drug-likeness (QED) is 0.746. The Morgan fingerprint density at radius 1 is 0.714 bits per heavy atom. The molecule has 0 N–H and O–H groups in total. The minimum Gasteiger partial charge on any atom is -0.349 e. The lowest BCUT2D eigenvalue weighted by atomic mass is 10.4. The van der Waals surface area contributed by atoms with Gasteiger partial charge in [0.25, 0.3) is 0 Å². The number of likely N-dealkylation sites (tertiary alicyclic amines) is 2. The molecule has 3 rings (SSSR count). The predicted octanol–water partition coefficient (Wildman–Crippen LogP) is 0.278. The van der Waals surface area contributed by atoms with E-state index in [1.807, 2.05) is 32.0 Å². The van der Waals surface area contributed by atoms with Gasteiger partial charge in [-0.15, -0.1) is 0 Å². The van der Waals surface area contributed by atoms with Crippen molar-refractivity contribution in [3.05, 3.63) is 12.4 Å². The molecule has 0 spiro atoms. The van der Waals surface area contributed by atoms with Crippen LogP contribution in [0, 0.1) is 0 Å². The topological polar surface area (TPSA) is 47.1 Å². The van der Waals surface area contributed by atoms with Crippen LogP contribution >= 0.6 is 0 Å². The summed E-state index contributed by atoms with van der Waals surface area (Å²) in [6, 6.07) is 0. The lowest BCUT2D eigenvalue weighted by molar-refractivity contribution is -0.131. The van der Waals surface area contributed by atoms with E-state index in [-0.39, 0.29) is 11.8 Å². The zero-order chi connectivity index (χ0) is 14.7. The Hall–Kier alpha value is -1.72. The molecule has 2 saturated heterocycles. The third kappa shape index (κ3) is 3.49. The van der Waals surface area contributed by atoms with Crippen molar-refractivity contribution >= 4 is 11.8 Å². The highest BCUT2D eigenvalue weighted by molar-refractivity contribution is 5.79. The third-order valence-corrected chi connectivity index (χ3v) is 4.45. The average Bonchev–Trinajstić information content (AvgIpc) is 3.22. The highest BCUT2D eigenvalue weighted by Gasteiger charge is 2.24. The highest BCUT2D eigenvalue weighted by Crippen LogP contribution is 2.13. The fourth-order valence-electron chi connectivity index (χ4n) is 3.20. The summed E-state index contributed by atoms with van der Waals surface area (Å²) in [5.74, 6) is 0.398. The first-order valence-electron chi connectivity index (χ1n) is 7.94. The summed E-state index contributed by atoms with van der Waals surface area (Å²) in [5.41, 5.74) is 0. The minimum absolute atomic E-state index is 0.199. The molecule has 3 aliphatic heterocycles. The smallest absolute Gasteiger partial charge is 0.242 e. The van der Waals surface area contributed by atoms with Gasteiger partial charge in [0, 0.05) is 38.6 Å². The second-order valence-electron chi connectivity index (χ2n) is 6.11. The molecule has 2 amide bonds. The third-order valence-electron chi connectivity index (χ3n) is 4.45. The van der Waals surface area contributed by atoms with Crippen molar-refractivity contribution < 1.29 is 9.59 Å². The second kappa shape index (κ2) is 6.37. The molecule has 21 heavy (non-hydrogen) atoms. The number of nitrogens with zero attached hydrogens (tertiary/aromatic N) is 4. The van der Waals surface area contributed by atoms with Crippen LogP contribution in [-0.4, -0.2) is 77.4 Å². The summed E-state index contributed by atoms with van der Waals surface area (Å²) < 4.78 is 0. The number of rotatable bonds is 4. The molecule has 6 heteroatoms. The Labute approximate surface area is 126 Å². The van der Waals surface area contributed by atoms with Crippen molar-refractivity contribution in [2.75, 3.05) is 45.9 Å². The van der Waals surface area contributed by atoms with Crippen molar-refractivity contribution in [2.45, 2.75) is 25.7 Å². The number of carbonyl (C=O) groups is 2. The van der Waals surface area contributed by atoms with E-state index in [0.717, 1.165) is 51.9 Å². The molecule has 0 atom stereocenters. The van der Waals surface area contributed by atoms with Crippen LogP contribution < -0.4 is 0 Å². The molecule has 0 aromatic heterocycles. The van der Waals surface area contributed by atoms with Gasteiger partial charge in [-0.05, 0) is 25.7 Å². The van der Waals surface area contributed by atoms with Gasteiger partial charge in [-0.25, -0.2) is 0 Å². The molecule has 0 bridgehead atoms. The van der Waals surface area contributed by atoms with E-state index in [9.17, 15) is 9.59 Å². The Kier molecular flexibility index (Phi) is 4.31. The number of hydrogen-bond donors (Lipinski definition) is 0. The van der Waals surface area contributed by atoms with Crippen LogP contribution in [0.5, 0.6) is 0 Å². The van der Waals surface area contributed by atoms with Gasteiger partial charge in [0.1, 0.15) is 0 Å². The van der Waals surface area contributed by atoms with E-state index < -0.39 is 0 Å². The van der Waals surface area contributed by atoms with Gasteiger partial charge in [0.2, 0.25) is 11.8 Å². The first-order valence-corrected chi connectivity index (χ1v) is 7.94. The minimum atomic E-state index is 0.199. The fraction of sp³-hybridized carbons (Fsp3) is 0.733. The zero-order valence-corrected chi connectivity index (χ0v) is 12.5. The van der Waals surface area contributed by atoms with Crippen LogP contribution in [0.1, 0.15) is 25.7 Å². The number of carbonyl (C=O) groups excluding carboxylic acids is 2. The zero-order valence-electron chi connectivity index (χ0n) is 12.5. The number of amides is 2. The second-order valence-corrected chi connectivity index (χ2v) is 6.11. The van der Waals surface area contributed by atoms with Crippen molar-refractivity contribution in [2.24, 2.45) is 0 Å². The molecular formula is C15H24N4O2. The fourth-order valence-corrected chi connectivity index (χ4v) is 3.20. The summed E-state index contributed by atoms with van der Waals surface area (Å²) in [4.78, 5) is 32.0. The maximum Gasteiger partial charge on any atom is 0.242 e. The van der Waals surface area contributed by atoms with Crippen LogP contribution in [0.2, 0.25) is 0 Å². The molecule has 3 heterocycles. The van der Waals surface area contributed by atoms with Crippen LogP contribution in [0.3, 0.4) is 0 Å². The standard InChI is InChI=1S/C15H24N4O2/c20-14(18-5-1-2-6-18)11-16-9-10-17(13-16)12-15(21)19-7-3-4-8-19/h9-10H,1-8,11-13H2. The van der Waals surface area contributed by atoms with E-state index in [1.165, 1.54) is 0 Å². The van der Waals surface area contributed by atoms with Gasteiger partial charge in [0.05, 0.1) is 19.8 Å². The largest absolute Gasteiger partial charge is 0.349 e. The molecular weight excluding hydrogens is 268 g/mol. The summed E-state index contributed by atoms with van der Waals surface area (Å²) in [6.45, 7) is 5.07. The van der Waals surface area contributed by atoms with Crippen molar-refractivity contribution in [3.8, 4) is 0 Å². The Bertz CT molecular complexity index is 387. The molecule has 3 aliphatic rings. The van der Waals surface area contributed by atoms with Gasteiger partial charge < -0.3 is 19.6 Å². The Morgan fingerprint density at radius 2 is 1.10 bits per heavy atom. The summed E-state index contributed by atoms with van der Waals surface area (Å²) >= 11 is 0. The lowest BCUT2D eigenvalue weighted by Crippen LogP contribution is -2.40. The molecule has 2 fully saturated rings. The van der Waals surface area contributed by atoms with Gasteiger partial charge in [0.15, 0.2) is 0 Å². The van der Waals surface area contributed by atoms with Crippen LogP contribution in [-0.2, 0) is 9.59 Å². The Balaban J connectivity index is 1.42. The van der Waals surface area contributed by atoms with Crippen LogP contribution in [0.4, 0.5) is 0 Å². The maximum absolute atomic E-state index is 12.1. The summed E-state index contributed by atoms with van der Waals surface area (Å²) in [6.07, 6.45) is 8.34. The van der Waals surface area contributed by atoms with Gasteiger partial charge in [-0.3, -0.25) is 9.59 Å². The first-order chi connectivity index (χ1) is 10.2. The molecule has 6 nitrogen and oxygen atoms in total. The van der Waals surface area contributed by atoms with E-state index in [2.05, 4.69) is 0 Å². The van der Waals surface area contributed by atoms with Crippen LogP contribution in [0.25, 0.3) is 0 Å². The van der Waals surface area contributed by atoms with Crippen molar-refractivity contribution in [1.29, 1.82) is 0 Å².